The molecule has 0 amide bonds. The minimum atomic E-state index is -1.43. The second-order valence-corrected chi connectivity index (χ2v) is 16.5. The lowest BCUT2D eigenvalue weighted by molar-refractivity contribution is 0.319. The Morgan fingerprint density at radius 2 is 1.41 bits per heavy atom. The van der Waals surface area contributed by atoms with Crippen LogP contribution >= 0.6 is 0 Å². The van der Waals surface area contributed by atoms with Crippen LogP contribution in [0.3, 0.4) is 0 Å². The quantitative estimate of drug-likeness (QED) is 0.720. The standard InChI is InChI=1S/C13H32N2Si2/c1-9-14(16(4,5)6)17(7,8)15-12(2)10-11-13(15)3/h12-13H,9-11H2,1-8H3. The third kappa shape index (κ3) is 3.03. The highest BCUT2D eigenvalue weighted by atomic mass is 28.4. The highest BCUT2D eigenvalue weighted by molar-refractivity contribution is 6.88. The summed E-state index contributed by atoms with van der Waals surface area (Å²) in [7, 11) is -2.63. The third-order valence-corrected chi connectivity index (χ3v) is 13.7. The predicted molar refractivity (Wildman–Crippen MR) is 83.2 cm³/mol. The van der Waals surface area contributed by atoms with Crippen LogP contribution in [0.1, 0.15) is 33.6 Å². The summed E-state index contributed by atoms with van der Waals surface area (Å²) in [5.41, 5.74) is 0. The lowest BCUT2D eigenvalue weighted by Gasteiger charge is -2.51. The molecule has 1 aliphatic rings. The Morgan fingerprint density at radius 3 is 1.71 bits per heavy atom. The summed E-state index contributed by atoms with van der Waals surface area (Å²) >= 11 is 0. The molecule has 1 aliphatic heterocycles. The van der Waals surface area contributed by atoms with Crippen molar-refractivity contribution in [3.8, 4) is 0 Å². The molecule has 0 aromatic heterocycles. The van der Waals surface area contributed by atoms with Crippen molar-refractivity contribution in [1.82, 2.24) is 8.80 Å². The Balaban J connectivity index is 2.99. The van der Waals surface area contributed by atoms with Crippen LogP contribution in [0.2, 0.25) is 32.7 Å². The van der Waals surface area contributed by atoms with E-state index in [-0.39, 0.29) is 0 Å². The van der Waals surface area contributed by atoms with E-state index in [0.717, 1.165) is 12.1 Å². The maximum Gasteiger partial charge on any atom is 0.194 e. The molecule has 1 fully saturated rings. The molecule has 1 rings (SSSR count). The summed E-state index contributed by atoms with van der Waals surface area (Å²) in [4.78, 5) is 0. The first kappa shape index (κ1) is 15.4. The van der Waals surface area contributed by atoms with Crippen LogP contribution in [0.15, 0.2) is 0 Å². The molecular formula is C13H32N2Si2. The van der Waals surface area contributed by atoms with Crippen molar-refractivity contribution in [2.45, 2.75) is 78.4 Å². The van der Waals surface area contributed by atoms with Crippen molar-refractivity contribution in [1.29, 1.82) is 0 Å². The summed E-state index contributed by atoms with van der Waals surface area (Å²) < 4.78 is 5.78. The fraction of sp³-hybridized carbons (Fsp3) is 1.00. The zero-order valence-corrected chi connectivity index (χ0v) is 15.2. The normalized spacial score (nSPS) is 28.1. The molecule has 0 saturated carbocycles. The molecule has 0 aliphatic carbocycles. The summed E-state index contributed by atoms with van der Waals surface area (Å²) in [5, 5.41) is 0. The number of rotatable bonds is 4. The van der Waals surface area contributed by atoms with Crippen molar-refractivity contribution in [2.24, 2.45) is 0 Å². The summed E-state index contributed by atoms with van der Waals surface area (Å²) in [6.07, 6.45) is 2.78. The number of nitrogens with zero attached hydrogens (tertiary/aromatic N) is 2. The van der Waals surface area contributed by atoms with Gasteiger partial charge < -0.3 is 8.80 Å². The van der Waals surface area contributed by atoms with E-state index in [4.69, 9.17) is 0 Å². The van der Waals surface area contributed by atoms with Gasteiger partial charge in [-0.25, -0.2) is 0 Å². The van der Waals surface area contributed by atoms with Crippen molar-refractivity contribution in [3.63, 3.8) is 0 Å². The molecule has 17 heavy (non-hydrogen) atoms. The first-order valence-corrected chi connectivity index (χ1v) is 13.5. The molecule has 0 bridgehead atoms. The Morgan fingerprint density at radius 1 is 1.00 bits per heavy atom. The molecular weight excluding hydrogens is 240 g/mol. The molecule has 0 aromatic carbocycles. The van der Waals surface area contributed by atoms with Gasteiger partial charge >= 0.3 is 0 Å². The minimum Gasteiger partial charge on any atom is -0.334 e. The van der Waals surface area contributed by atoms with E-state index >= 15 is 0 Å². The maximum absolute atomic E-state index is 2.90. The van der Waals surface area contributed by atoms with Gasteiger partial charge in [0, 0.05) is 12.1 Å². The highest BCUT2D eigenvalue weighted by Gasteiger charge is 2.46. The van der Waals surface area contributed by atoms with Gasteiger partial charge in [-0.3, -0.25) is 0 Å². The van der Waals surface area contributed by atoms with Crippen molar-refractivity contribution >= 4 is 16.6 Å². The van der Waals surface area contributed by atoms with E-state index in [1.54, 1.807) is 0 Å². The molecule has 1 saturated heterocycles. The van der Waals surface area contributed by atoms with Gasteiger partial charge in [-0.1, -0.05) is 40.4 Å². The maximum atomic E-state index is 2.90. The smallest absolute Gasteiger partial charge is 0.194 e. The first-order valence-electron chi connectivity index (χ1n) is 7.18. The molecule has 2 nitrogen and oxygen atoms in total. The molecule has 0 spiro atoms. The monoisotopic (exact) mass is 272 g/mol. The van der Waals surface area contributed by atoms with E-state index in [0.29, 0.717) is 0 Å². The zero-order chi connectivity index (χ0) is 13.4. The minimum absolute atomic E-state index is 0.789. The lowest BCUT2D eigenvalue weighted by Crippen LogP contribution is -2.70. The average Bonchev–Trinajstić information content (AvgIpc) is 2.44. The van der Waals surface area contributed by atoms with Crippen LogP contribution in [-0.2, 0) is 0 Å². The van der Waals surface area contributed by atoms with Gasteiger partial charge in [0.05, 0.1) is 0 Å². The fourth-order valence-electron chi connectivity index (χ4n) is 4.10. The molecule has 2 atom stereocenters. The van der Waals surface area contributed by atoms with E-state index in [2.05, 4.69) is 62.3 Å². The van der Waals surface area contributed by atoms with Crippen LogP contribution in [0, 0.1) is 0 Å². The molecule has 0 N–H and O–H groups in total. The Kier molecular flexibility index (Phi) is 4.67. The van der Waals surface area contributed by atoms with Gasteiger partial charge in [-0.15, -0.1) is 0 Å². The second-order valence-electron chi connectivity index (χ2n) is 7.09. The van der Waals surface area contributed by atoms with Crippen LogP contribution in [0.25, 0.3) is 0 Å². The SMILES string of the molecule is CCN([Si](C)(C)C)[Si](C)(C)N1C(C)CCC1C. The average molecular weight is 273 g/mol. The topological polar surface area (TPSA) is 6.48 Å². The van der Waals surface area contributed by atoms with Crippen molar-refractivity contribution in [2.75, 3.05) is 6.54 Å². The summed E-state index contributed by atoms with van der Waals surface area (Å²) in [6.45, 7) is 21.0. The highest BCUT2D eigenvalue weighted by Crippen LogP contribution is 2.33. The second kappa shape index (κ2) is 5.15. The van der Waals surface area contributed by atoms with E-state index < -0.39 is 16.6 Å². The molecule has 4 heteroatoms. The largest absolute Gasteiger partial charge is 0.334 e. The van der Waals surface area contributed by atoms with Crippen LogP contribution in [0.4, 0.5) is 0 Å². The van der Waals surface area contributed by atoms with Crippen LogP contribution in [-0.4, -0.2) is 44.1 Å². The number of hydrogen-bond donors (Lipinski definition) is 0. The molecule has 0 aromatic rings. The van der Waals surface area contributed by atoms with E-state index in [9.17, 15) is 0 Å². The first-order chi connectivity index (χ1) is 7.62. The Bertz CT molecular complexity index is 247. The Labute approximate surface area is 111 Å². The molecule has 0 radical (unpaired) electrons. The third-order valence-electron chi connectivity index (χ3n) is 4.37. The van der Waals surface area contributed by atoms with Crippen molar-refractivity contribution in [3.05, 3.63) is 0 Å². The molecule has 102 valence electrons. The summed E-state index contributed by atoms with van der Waals surface area (Å²) in [6, 6.07) is 1.58. The van der Waals surface area contributed by atoms with Crippen molar-refractivity contribution < 1.29 is 0 Å². The van der Waals surface area contributed by atoms with Gasteiger partial charge in [0.2, 0.25) is 0 Å². The summed E-state index contributed by atoms with van der Waals surface area (Å²) in [5.74, 6) is 0. The van der Waals surface area contributed by atoms with Gasteiger partial charge in [-0.05, 0) is 32.5 Å². The predicted octanol–water partition coefficient (Wildman–Crippen LogP) is 3.72. The van der Waals surface area contributed by atoms with Gasteiger partial charge in [0.1, 0.15) is 8.24 Å². The van der Waals surface area contributed by atoms with E-state index in [1.807, 2.05) is 0 Å². The number of hydrogen-bond acceptors (Lipinski definition) is 2. The zero-order valence-electron chi connectivity index (χ0n) is 13.2. The van der Waals surface area contributed by atoms with Crippen LogP contribution < -0.4 is 0 Å². The molecule has 2 unspecified atom stereocenters. The van der Waals surface area contributed by atoms with Gasteiger partial charge in [-0.2, -0.15) is 0 Å². The van der Waals surface area contributed by atoms with Crippen LogP contribution in [0.5, 0.6) is 0 Å². The van der Waals surface area contributed by atoms with Gasteiger partial charge in [0.25, 0.3) is 0 Å². The molecule has 1 heterocycles. The fourth-order valence-corrected chi connectivity index (χ4v) is 15.4. The Hall–Kier alpha value is 0.354. The van der Waals surface area contributed by atoms with Gasteiger partial charge in [0.15, 0.2) is 8.40 Å². The lowest BCUT2D eigenvalue weighted by atomic mass is 10.2. The van der Waals surface area contributed by atoms with E-state index in [1.165, 1.54) is 19.4 Å².